The van der Waals surface area contributed by atoms with Gasteiger partial charge in [0.15, 0.2) is 5.96 Å². The van der Waals surface area contributed by atoms with E-state index in [9.17, 15) is 0 Å². The molecule has 1 aromatic heterocycles. The van der Waals surface area contributed by atoms with E-state index in [1.54, 1.807) is 11.3 Å². The summed E-state index contributed by atoms with van der Waals surface area (Å²) in [5, 5.41) is 6.71. The van der Waals surface area contributed by atoms with Crippen molar-refractivity contribution in [2.75, 3.05) is 26.2 Å². The number of thiazole rings is 1. The number of hydrogen-bond acceptors (Lipinski definition) is 3. The molecule has 2 aliphatic rings. The lowest BCUT2D eigenvalue weighted by atomic mass is 9.73. The van der Waals surface area contributed by atoms with Crippen molar-refractivity contribution >= 4 is 17.3 Å². The van der Waals surface area contributed by atoms with E-state index in [0.29, 0.717) is 5.41 Å². The van der Waals surface area contributed by atoms with Crippen LogP contribution in [0.15, 0.2) is 16.6 Å². The Labute approximate surface area is 138 Å². The highest BCUT2D eigenvalue weighted by Crippen LogP contribution is 2.43. The third-order valence-electron chi connectivity index (χ3n) is 5.06. The predicted molar refractivity (Wildman–Crippen MR) is 93.5 cm³/mol. The molecule has 0 bridgehead atoms. The fourth-order valence-corrected chi connectivity index (χ4v) is 4.50. The lowest BCUT2D eigenvalue weighted by molar-refractivity contribution is 0.203. The molecule has 1 spiro atoms. The van der Waals surface area contributed by atoms with Crippen LogP contribution in [0.25, 0.3) is 0 Å². The maximum atomic E-state index is 4.85. The molecule has 5 heteroatoms. The summed E-state index contributed by atoms with van der Waals surface area (Å²) in [6.07, 6.45) is 11.3. The summed E-state index contributed by atoms with van der Waals surface area (Å²) in [7, 11) is 0. The van der Waals surface area contributed by atoms with Gasteiger partial charge in [0, 0.05) is 44.2 Å². The summed E-state index contributed by atoms with van der Waals surface area (Å²) in [6, 6.07) is 0. The summed E-state index contributed by atoms with van der Waals surface area (Å²) in [4.78, 5) is 11.7. The fraction of sp³-hybridized carbons (Fsp3) is 0.765. The van der Waals surface area contributed by atoms with Crippen molar-refractivity contribution in [3.63, 3.8) is 0 Å². The van der Waals surface area contributed by atoms with Crippen LogP contribution < -0.4 is 5.32 Å². The van der Waals surface area contributed by atoms with Gasteiger partial charge in [-0.15, -0.1) is 11.3 Å². The zero-order valence-corrected chi connectivity index (χ0v) is 14.5. The number of nitrogens with zero attached hydrogens (tertiary/aromatic N) is 3. The third kappa shape index (κ3) is 3.80. The second-order valence-corrected chi connectivity index (χ2v) is 7.62. The van der Waals surface area contributed by atoms with Crippen molar-refractivity contribution in [2.24, 2.45) is 10.4 Å². The first-order chi connectivity index (χ1) is 10.8. The van der Waals surface area contributed by atoms with Crippen LogP contribution in [0.1, 0.15) is 50.5 Å². The molecule has 4 nitrogen and oxygen atoms in total. The van der Waals surface area contributed by atoms with Crippen LogP contribution in [0.2, 0.25) is 0 Å². The van der Waals surface area contributed by atoms with Crippen molar-refractivity contribution in [2.45, 2.75) is 51.9 Å². The topological polar surface area (TPSA) is 40.5 Å². The maximum absolute atomic E-state index is 4.85. The maximum Gasteiger partial charge on any atom is 0.193 e. The molecule has 1 saturated carbocycles. The molecular formula is C17H28N4S. The lowest BCUT2D eigenvalue weighted by Gasteiger charge is -2.33. The molecule has 0 unspecified atom stereocenters. The molecule has 1 N–H and O–H groups in total. The minimum atomic E-state index is 0.587. The van der Waals surface area contributed by atoms with Gasteiger partial charge in [-0.3, -0.25) is 4.99 Å². The monoisotopic (exact) mass is 320 g/mol. The molecule has 2 fully saturated rings. The van der Waals surface area contributed by atoms with Crippen molar-refractivity contribution in [1.82, 2.24) is 15.2 Å². The van der Waals surface area contributed by atoms with Gasteiger partial charge >= 0.3 is 0 Å². The minimum Gasteiger partial charge on any atom is -0.357 e. The Morgan fingerprint density at radius 1 is 1.36 bits per heavy atom. The van der Waals surface area contributed by atoms with Crippen LogP contribution in [-0.2, 0) is 6.42 Å². The van der Waals surface area contributed by atoms with E-state index < -0.39 is 0 Å². The van der Waals surface area contributed by atoms with Crippen LogP contribution in [0.4, 0.5) is 0 Å². The predicted octanol–water partition coefficient (Wildman–Crippen LogP) is 3.31. The number of likely N-dealkylation sites (tertiary alicyclic amines) is 1. The molecule has 0 aromatic carbocycles. The van der Waals surface area contributed by atoms with Gasteiger partial charge in [0.05, 0.1) is 5.01 Å². The van der Waals surface area contributed by atoms with Crippen LogP contribution >= 0.6 is 11.3 Å². The summed E-state index contributed by atoms with van der Waals surface area (Å²) in [6.45, 7) is 6.31. The zero-order valence-electron chi connectivity index (χ0n) is 13.7. The van der Waals surface area contributed by atoms with Crippen LogP contribution in [0, 0.1) is 5.41 Å². The van der Waals surface area contributed by atoms with Gasteiger partial charge in [-0.1, -0.05) is 19.3 Å². The SMILES string of the molecule is CCNC(=NCCc1nccs1)N1CCC2(CCCCC2)C1. The van der Waals surface area contributed by atoms with Gasteiger partial charge in [-0.25, -0.2) is 4.98 Å². The average molecular weight is 321 g/mol. The normalized spacial score (nSPS) is 21.5. The Balaban J connectivity index is 1.58. The second kappa shape index (κ2) is 7.44. The number of aliphatic imine (C=N–C) groups is 1. The van der Waals surface area contributed by atoms with E-state index in [2.05, 4.69) is 22.1 Å². The smallest absolute Gasteiger partial charge is 0.193 e. The number of nitrogens with one attached hydrogen (secondary N) is 1. The highest BCUT2D eigenvalue weighted by molar-refractivity contribution is 7.09. The first-order valence-electron chi connectivity index (χ1n) is 8.73. The number of guanidine groups is 1. The largest absolute Gasteiger partial charge is 0.357 e. The third-order valence-corrected chi connectivity index (χ3v) is 5.90. The standard InChI is InChI=1S/C17H28N4S/c1-2-18-16(20-10-6-15-19-11-13-22-15)21-12-9-17(14-21)7-4-3-5-8-17/h11,13H,2-10,12,14H2,1H3,(H,18,20). The molecule has 1 aromatic rings. The highest BCUT2D eigenvalue weighted by Gasteiger charge is 2.39. The Bertz CT molecular complexity index is 477. The quantitative estimate of drug-likeness (QED) is 0.683. The molecular weight excluding hydrogens is 292 g/mol. The van der Waals surface area contributed by atoms with Gasteiger partial charge in [0.2, 0.25) is 0 Å². The van der Waals surface area contributed by atoms with Gasteiger partial charge in [0.25, 0.3) is 0 Å². The van der Waals surface area contributed by atoms with Gasteiger partial charge in [-0.2, -0.15) is 0 Å². The lowest BCUT2D eigenvalue weighted by Crippen LogP contribution is -2.41. The van der Waals surface area contributed by atoms with E-state index in [-0.39, 0.29) is 0 Å². The van der Waals surface area contributed by atoms with E-state index in [1.807, 2.05) is 11.6 Å². The molecule has 2 heterocycles. The van der Waals surface area contributed by atoms with Crippen molar-refractivity contribution in [3.8, 4) is 0 Å². The first kappa shape index (κ1) is 15.8. The zero-order chi connectivity index (χ0) is 15.3. The molecule has 22 heavy (non-hydrogen) atoms. The summed E-state index contributed by atoms with van der Waals surface area (Å²) in [5.41, 5.74) is 0.587. The molecule has 1 aliphatic heterocycles. The minimum absolute atomic E-state index is 0.587. The molecule has 122 valence electrons. The second-order valence-electron chi connectivity index (χ2n) is 6.64. The molecule has 3 rings (SSSR count). The number of rotatable bonds is 4. The average Bonchev–Trinajstić information content (AvgIpc) is 3.18. The van der Waals surface area contributed by atoms with Gasteiger partial charge < -0.3 is 10.2 Å². The molecule has 0 radical (unpaired) electrons. The Kier molecular flexibility index (Phi) is 5.34. The summed E-state index contributed by atoms with van der Waals surface area (Å²) >= 11 is 1.72. The molecule has 0 atom stereocenters. The van der Waals surface area contributed by atoms with Gasteiger partial charge in [-0.05, 0) is 31.6 Å². The molecule has 0 amide bonds. The Morgan fingerprint density at radius 3 is 2.95 bits per heavy atom. The fourth-order valence-electron chi connectivity index (χ4n) is 3.89. The Hall–Kier alpha value is -1.10. The van der Waals surface area contributed by atoms with Crippen molar-refractivity contribution < 1.29 is 0 Å². The summed E-state index contributed by atoms with van der Waals surface area (Å²) < 4.78 is 0. The van der Waals surface area contributed by atoms with Crippen LogP contribution in [0.5, 0.6) is 0 Å². The van der Waals surface area contributed by atoms with E-state index in [4.69, 9.17) is 4.99 Å². The van der Waals surface area contributed by atoms with Crippen molar-refractivity contribution in [3.05, 3.63) is 16.6 Å². The van der Waals surface area contributed by atoms with Crippen molar-refractivity contribution in [1.29, 1.82) is 0 Å². The molecule has 1 saturated heterocycles. The molecule has 1 aliphatic carbocycles. The Morgan fingerprint density at radius 2 is 2.23 bits per heavy atom. The summed E-state index contributed by atoms with van der Waals surface area (Å²) in [5.74, 6) is 1.11. The van der Waals surface area contributed by atoms with E-state index >= 15 is 0 Å². The first-order valence-corrected chi connectivity index (χ1v) is 9.61. The van der Waals surface area contributed by atoms with Crippen LogP contribution in [-0.4, -0.2) is 42.0 Å². The number of hydrogen-bond donors (Lipinski definition) is 1. The van der Waals surface area contributed by atoms with Gasteiger partial charge in [0.1, 0.15) is 0 Å². The van der Waals surface area contributed by atoms with E-state index in [1.165, 1.54) is 56.6 Å². The number of aromatic nitrogens is 1. The van der Waals surface area contributed by atoms with E-state index in [0.717, 1.165) is 25.5 Å². The highest BCUT2D eigenvalue weighted by atomic mass is 32.1. The van der Waals surface area contributed by atoms with Crippen LogP contribution in [0.3, 0.4) is 0 Å².